The number of ether oxygens (including phenoxy) is 1. The number of anilines is 1. The van der Waals surface area contributed by atoms with Crippen molar-refractivity contribution in [3.8, 4) is 0 Å². The second-order valence-corrected chi connectivity index (χ2v) is 16.8. The average Bonchev–Trinajstić information content (AvgIpc) is 3.61. The predicted octanol–water partition coefficient (Wildman–Crippen LogP) is 10.6. The molecule has 4 nitrogen and oxygen atoms in total. The van der Waals surface area contributed by atoms with Crippen molar-refractivity contribution in [2.75, 3.05) is 18.0 Å². The van der Waals surface area contributed by atoms with Crippen LogP contribution in [0.2, 0.25) is 0 Å². The van der Waals surface area contributed by atoms with Crippen LogP contribution in [0.5, 0.6) is 0 Å². The minimum absolute atomic E-state index is 0.0876. The lowest BCUT2D eigenvalue weighted by Crippen LogP contribution is -2.28. The van der Waals surface area contributed by atoms with E-state index < -0.39 is 0 Å². The molecule has 0 saturated heterocycles. The van der Waals surface area contributed by atoms with E-state index in [2.05, 4.69) is 182 Å². The molecule has 3 aliphatic rings. The Morgan fingerprint density at radius 1 is 0.840 bits per heavy atom. The maximum absolute atomic E-state index is 7.31. The van der Waals surface area contributed by atoms with Crippen LogP contribution in [-0.4, -0.2) is 23.4 Å². The van der Waals surface area contributed by atoms with Crippen molar-refractivity contribution in [3.63, 3.8) is 0 Å². The zero-order valence-corrected chi connectivity index (χ0v) is 32.7. The summed E-state index contributed by atoms with van der Waals surface area (Å²) in [5.41, 5.74) is 14.2. The maximum Gasteiger partial charge on any atom is 0.209 e. The standard InChI is InChI=1S/C46H59N3O/c1-13-48-38-21-15-31(3)29-36(38)45(8,9)40(48)23-19-33-17-18-34(42(33)50-43(44(5,6)7)35-25-27-47(12)28-26-35)20-24-41-46(10,11)37-30-32(4)16-22-39(37)49(41)14-2/h15-16,19-30,43H,13-14,17-18H2,1-12H3/q+2. The Morgan fingerprint density at radius 3 is 2.14 bits per heavy atom. The smallest absolute Gasteiger partial charge is 0.209 e. The monoisotopic (exact) mass is 669 g/mol. The second-order valence-electron chi connectivity index (χ2n) is 16.8. The van der Waals surface area contributed by atoms with Gasteiger partial charge in [-0.25, -0.2) is 4.57 Å². The molecule has 1 aliphatic carbocycles. The number of benzene rings is 2. The highest BCUT2D eigenvalue weighted by atomic mass is 16.5. The van der Waals surface area contributed by atoms with Gasteiger partial charge in [0, 0.05) is 64.2 Å². The summed E-state index contributed by atoms with van der Waals surface area (Å²) in [4.78, 5) is 2.49. The van der Waals surface area contributed by atoms with E-state index >= 15 is 0 Å². The predicted molar refractivity (Wildman–Crippen MR) is 209 cm³/mol. The number of rotatable bonds is 8. The molecule has 1 atom stereocenters. The number of fused-ring (bicyclic) bond motifs is 2. The van der Waals surface area contributed by atoms with Gasteiger partial charge in [-0.3, -0.25) is 0 Å². The van der Waals surface area contributed by atoms with Crippen LogP contribution in [0.3, 0.4) is 0 Å². The van der Waals surface area contributed by atoms with Gasteiger partial charge in [0.2, 0.25) is 5.69 Å². The SMILES string of the molecule is CCN1/C(=C/C=C2\CCC(/C=C/C3=[N+](CC)c4ccc(C)cc4C3(C)C)=C2OC(c2cc[n+](C)cc2)C(C)(C)C)C(C)(C)c2cc(C)ccc21. The Bertz CT molecular complexity index is 1960. The van der Waals surface area contributed by atoms with Gasteiger partial charge in [-0.05, 0) is 95.4 Å². The lowest BCUT2D eigenvalue weighted by atomic mass is 9.80. The van der Waals surface area contributed by atoms with Gasteiger partial charge in [-0.1, -0.05) is 70.0 Å². The molecule has 2 aromatic carbocycles. The third kappa shape index (κ3) is 6.31. The minimum atomic E-state index is -0.111. The summed E-state index contributed by atoms with van der Waals surface area (Å²) in [6.07, 6.45) is 15.5. The molecule has 50 heavy (non-hydrogen) atoms. The molecule has 0 N–H and O–H groups in total. The number of hydrogen-bond donors (Lipinski definition) is 0. The number of pyridine rings is 1. The highest BCUT2D eigenvalue weighted by Gasteiger charge is 2.44. The summed E-state index contributed by atoms with van der Waals surface area (Å²) < 4.78 is 11.9. The molecule has 0 bridgehead atoms. The van der Waals surface area contributed by atoms with E-state index in [0.29, 0.717) is 0 Å². The molecule has 0 saturated carbocycles. The molecule has 262 valence electrons. The summed E-state index contributed by atoms with van der Waals surface area (Å²) in [5, 5.41) is 0. The zero-order chi connectivity index (χ0) is 36.2. The van der Waals surface area contributed by atoms with Gasteiger partial charge in [0.25, 0.3) is 0 Å². The number of aromatic nitrogens is 1. The van der Waals surface area contributed by atoms with Crippen molar-refractivity contribution < 1.29 is 13.9 Å². The van der Waals surface area contributed by atoms with Crippen molar-refractivity contribution in [3.05, 3.63) is 136 Å². The lowest BCUT2D eigenvalue weighted by Gasteiger charge is -2.32. The van der Waals surface area contributed by atoms with E-state index in [1.165, 1.54) is 61.7 Å². The summed E-state index contributed by atoms with van der Waals surface area (Å²) in [5.74, 6) is 1.03. The van der Waals surface area contributed by atoms with Crippen LogP contribution >= 0.6 is 0 Å². The Kier molecular flexibility index (Phi) is 9.39. The molecule has 0 fully saturated rings. The fraction of sp³-hybridized carbons (Fsp3) is 0.435. The van der Waals surface area contributed by atoms with Crippen molar-refractivity contribution in [1.29, 1.82) is 0 Å². The number of aryl methyl sites for hydroxylation is 3. The van der Waals surface area contributed by atoms with Crippen LogP contribution in [0.15, 0.2) is 108 Å². The fourth-order valence-corrected chi connectivity index (χ4v) is 8.34. The number of nitrogens with zero attached hydrogens (tertiary/aromatic N) is 3. The van der Waals surface area contributed by atoms with E-state index in [9.17, 15) is 0 Å². The molecule has 1 unspecified atom stereocenters. The third-order valence-electron chi connectivity index (χ3n) is 11.2. The average molecular weight is 670 g/mol. The third-order valence-corrected chi connectivity index (χ3v) is 11.2. The Labute approximate surface area is 302 Å². The van der Waals surface area contributed by atoms with E-state index in [-0.39, 0.29) is 22.3 Å². The first-order valence-corrected chi connectivity index (χ1v) is 18.7. The van der Waals surface area contributed by atoms with Gasteiger partial charge in [0.05, 0.1) is 5.41 Å². The summed E-state index contributed by atoms with van der Waals surface area (Å²) >= 11 is 0. The van der Waals surface area contributed by atoms with E-state index in [1.807, 2.05) is 0 Å². The van der Waals surface area contributed by atoms with Crippen LogP contribution in [0.1, 0.15) is 109 Å². The maximum atomic E-state index is 7.31. The summed E-state index contributed by atoms with van der Waals surface area (Å²) in [6.45, 7) is 27.1. The molecule has 1 aromatic heterocycles. The van der Waals surface area contributed by atoms with Gasteiger partial charge in [-0.2, -0.15) is 4.58 Å². The summed E-state index contributed by atoms with van der Waals surface area (Å²) in [7, 11) is 2.07. The molecule has 0 amide bonds. The molecule has 4 heteroatoms. The van der Waals surface area contributed by atoms with Gasteiger partial charge in [-0.15, -0.1) is 0 Å². The highest BCUT2D eigenvalue weighted by Crippen LogP contribution is 2.49. The van der Waals surface area contributed by atoms with Gasteiger partial charge in [0.1, 0.15) is 25.5 Å². The normalized spacial score (nSPS) is 20.4. The molecule has 2 aliphatic heterocycles. The van der Waals surface area contributed by atoms with Crippen molar-refractivity contribution in [1.82, 2.24) is 0 Å². The first-order chi connectivity index (χ1) is 23.6. The second kappa shape index (κ2) is 13.2. The van der Waals surface area contributed by atoms with Gasteiger partial charge >= 0.3 is 0 Å². The summed E-state index contributed by atoms with van der Waals surface area (Å²) in [6, 6.07) is 18.2. The number of likely N-dealkylation sites (N-methyl/N-ethyl adjacent to an activating group) is 1. The molecule has 6 rings (SSSR count). The van der Waals surface area contributed by atoms with E-state index in [4.69, 9.17) is 4.74 Å². The van der Waals surface area contributed by atoms with Crippen LogP contribution in [0.25, 0.3) is 0 Å². The van der Waals surface area contributed by atoms with Crippen LogP contribution in [0, 0.1) is 19.3 Å². The van der Waals surface area contributed by atoms with Crippen molar-refractivity contribution in [2.45, 2.75) is 106 Å². The number of hydrogen-bond acceptors (Lipinski definition) is 2. The molecular formula is C46H59N3O+2. The quantitative estimate of drug-likeness (QED) is 0.222. The molecule has 3 heterocycles. The Hall–Kier alpha value is -4.18. The van der Waals surface area contributed by atoms with Crippen molar-refractivity contribution in [2.24, 2.45) is 12.5 Å². The Balaban J connectivity index is 1.46. The highest BCUT2D eigenvalue weighted by molar-refractivity contribution is 6.03. The first kappa shape index (κ1) is 35.6. The molecule has 0 spiro atoms. The zero-order valence-electron chi connectivity index (χ0n) is 32.7. The Morgan fingerprint density at radius 2 is 1.50 bits per heavy atom. The first-order valence-electron chi connectivity index (χ1n) is 18.7. The van der Waals surface area contributed by atoms with Gasteiger partial charge in [0.15, 0.2) is 18.1 Å². The topological polar surface area (TPSA) is 19.4 Å². The van der Waals surface area contributed by atoms with Crippen LogP contribution < -0.4 is 9.47 Å². The van der Waals surface area contributed by atoms with E-state index in [1.54, 1.807) is 0 Å². The molecular weight excluding hydrogens is 611 g/mol. The largest absolute Gasteiger partial charge is 0.485 e. The minimum Gasteiger partial charge on any atom is -0.485 e. The fourth-order valence-electron chi connectivity index (χ4n) is 8.34. The number of allylic oxidation sites excluding steroid dienone is 7. The lowest BCUT2D eigenvalue weighted by molar-refractivity contribution is -0.671. The van der Waals surface area contributed by atoms with E-state index in [0.717, 1.165) is 31.7 Å². The van der Waals surface area contributed by atoms with Crippen LogP contribution in [-0.2, 0) is 22.6 Å². The molecule has 0 radical (unpaired) electrons. The van der Waals surface area contributed by atoms with Crippen LogP contribution in [0.4, 0.5) is 11.4 Å². The van der Waals surface area contributed by atoms with Crippen molar-refractivity contribution >= 4 is 17.1 Å². The van der Waals surface area contributed by atoms with Gasteiger partial charge < -0.3 is 9.64 Å². The molecule has 3 aromatic rings.